The number of aryl methyl sites for hydroxylation is 1. The molecule has 0 saturated carbocycles. The summed E-state index contributed by atoms with van der Waals surface area (Å²) < 4.78 is 9.09. The second-order valence-electron chi connectivity index (χ2n) is 8.07. The van der Waals surface area contributed by atoms with Gasteiger partial charge in [0.25, 0.3) is 0 Å². The smallest absolute Gasteiger partial charge is 0.234 e. The lowest BCUT2D eigenvalue weighted by molar-refractivity contribution is -0.113. The normalized spacial score (nSPS) is 12.1. The van der Waals surface area contributed by atoms with E-state index in [0.717, 1.165) is 33.7 Å². The van der Waals surface area contributed by atoms with E-state index in [-0.39, 0.29) is 17.8 Å². The molecule has 0 saturated heterocycles. The van der Waals surface area contributed by atoms with Crippen LogP contribution in [0.2, 0.25) is 0 Å². The van der Waals surface area contributed by atoms with Crippen molar-refractivity contribution in [2.75, 3.05) is 11.1 Å². The average molecular weight is 532 g/mol. The van der Waals surface area contributed by atoms with Crippen LogP contribution in [0.1, 0.15) is 63.6 Å². The fourth-order valence-corrected chi connectivity index (χ4v) is 4.69. The number of hydrogen-bond donors (Lipinski definition) is 1. The molecule has 1 amide bonds. The largest absolute Gasteiger partial charge is 0.483 e. The second kappa shape index (κ2) is 11.7. The van der Waals surface area contributed by atoms with Crippen molar-refractivity contribution >= 4 is 39.3 Å². The number of halogens is 1. The highest BCUT2D eigenvalue weighted by Crippen LogP contribution is 2.29. The molecule has 33 heavy (non-hydrogen) atoms. The molecule has 8 heteroatoms. The second-order valence-corrected chi connectivity index (χ2v) is 9.92. The molecular formula is C25H31BrN4O2S. The van der Waals surface area contributed by atoms with E-state index in [2.05, 4.69) is 64.3 Å². The summed E-state index contributed by atoms with van der Waals surface area (Å²) in [5.74, 6) is 2.02. The minimum atomic E-state index is -0.260. The van der Waals surface area contributed by atoms with Crippen LogP contribution >= 0.6 is 27.7 Å². The van der Waals surface area contributed by atoms with E-state index in [1.165, 1.54) is 17.3 Å². The average Bonchev–Trinajstić information content (AvgIpc) is 3.22. The zero-order valence-electron chi connectivity index (χ0n) is 19.8. The molecule has 1 heterocycles. The highest BCUT2D eigenvalue weighted by Gasteiger charge is 2.20. The van der Waals surface area contributed by atoms with Gasteiger partial charge in [-0.3, -0.25) is 4.79 Å². The summed E-state index contributed by atoms with van der Waals surface area (Å²) in [6.07, 6.45) is 0.735. The summed E-state index contributed by atoms with van der Waals surface area (Å²) >= 11 is 4.88. The van der Waals surface area contributed by atoms with E-state index in [1.807, 2.05) is 48.7 Å². The number of carbonyl (C=O) groups is 1. The SMILES string of the molecule is CCc1ccc(O[C@H](C)c2nnc(SCC(=O)Nc3ccc(Br)cc3C(C)C)n2CC)cc1. The van der Waals surface area contributed by atoms with Crippen molar-refractivity contribution in [2.45, 2.75) is 64.8 Å². The first kappa shape index (κ1) is 25.3. The van der Waals surface area contributed by atoms with Gasteiger partial charge in [-0.1, -0.05) is 60.6 Å². The third-order valence-corrected chi connectivity index (χ3v) is 6.77. The molecule has 6 nitrogen and oxygen atoms in total. The van der Waals surface area contributed by atoms with Gasteiger partial charge in [-0.25, -0.2) is 0 Å². The highest BCUT2D eigenvalue weighted by atomic mass is 79.9. The Bertz CT molecular complexity index is 1080. The van der Waals surface area contributed by atoms with E-state index < -0.39 is 0 Å². The van der Waals surface area contributed by atoms with E-state index in [4.69, 9.17) is 4.74 Å². The van der Waals surface area contributed by atoms with Crippen LogP contribution in [0, 0.1) is 0 Å². The quantitative estimate of drug-likeness (QED) is 0.298. The van der Waals surface area contributed by atoms with Crippen molar-refractivity contribution in [3.8, 4) is 5.75 Å². The Labute approximate surface area is 208 Å². The van der Waals surface area contributed by atoms with Gasteiger partial charge in [0.1, 0.15) is 5.75 Å². The predicted octanol–water partition coefficient (Wildman–Crippen LogP) is 6.62. The Hall–Kier alpha value is -2.32. The minimum absolute atomic E-state index is 0.0725. The van der Waals surface area contributed by atoms with Crippen molar-refractivity contribution in [3.63, 3.8) is 0 Å². The van der Waals surface area contributed by atoms with Gasteiger partial charge in [0.05, 0.1) is 5.75 Å². The van der Waals surface area contributed by atoms with Gasteiger partial charge in [-0.05, 0) is 67.6 Å². The lowest BCUT2D eigenvalue weighted by Gasteiger charge is -2.16. The first-order valence-corrected chi connectivity index (χ1v) is 13.0. The number of thioether (sulfide) groups is 1. The van der Waals surface area contributed by atoms with Crippen molar-refractivity contribution in [3.05, 3.63) is 63.9 Å². The summed E-state index contributed by atoms with van der Waals surface area (Å²) in [6, 6.07) is 14.0. The fraction of sp³-hybridized carbons (Fsp3) is 0.400. The highest BCUT2D eigenvalue weighted by molar-refractivity contribution is 9.10. The molecule has 0 spiro atoms. The molecule has 1 aromatic heterocycles. The van der Waals surface area contributed by atoms with Gasteiger partial charge < -0.3 is 14.6 Å². The number of nitrogens with one attached hydrogen (secondary N) is 1. The first-order chi connectivity index (χ1) is 15.8. The number of anilines is 1. The molecule has 176 valence electrons. The van der Waals surface area contributed by atoms with Crippen LogP contribution in [-0.2, 0) is 17.8 Å². The Balaban J connectivity index is 1.64. The summed E-state index contributed by atoms with van der Waals surface area (Å²) in [5.41, 5.74) is 3.21. The Morgan fingerprint density at radius 3 is 2.48 bits per heavy atom. The molecule has 1 N–H and O–H groups in total. The maximum atomic E-state index is 12.7. The monoisotopic (exact) mass is 530 g/mol. The molecule has 0 bridgehead atoms. The van der Waals surface area contributed by atoms with Gasteiger partial charge >= 0.3 is 0 Å². The Morgan fingerprint density at radius 2 is 1.85 bits per heavy atom. The van der Waals surface area contributed by atoms with Crippen LogP contribution in [0.3, 0.4) is 0 Å². The summed E-state index contributed by atoms with van der Waals surface area (Å²) in [4.78, 5) is 12.7. The van der Waals surface area contributed by atoms with Gasteiger partial charge in [0, 0.05) is 16.7 Å². The Morgan fingerprint density at radius 1 is 1.12 bits per heavy atom. The number of nitrogens with zero attached hydrogens (tertiary/aromatic N) is 3. The fourth-order valence-electron chi connectivity index (χ4n) is 3.51. The number of hydrogen-bond acceptors (Lipinski definition) is 5. The third-order valence-electron chi connectivity index (χ3n) is 5.31. The van der Waals surface area contributed by atoms with Gasteiger partial charge in [0.2, 0.25) is 5.91 Å². The first-order valence-electron chi connectivity index (χ1n) is 11.2. The van der Waals surface area contributed by atoms with Gasteiger partial charge in [0.15, 0.2) is 17.1 Å². The van der Waals surface area contributed by atoms with Crippen molar-refractivity contribution in [1.29, 1.82) is 0 Å². The molecule has 2 aromatic carbocycles. The van der Waals surface area contributed by atoms with E-state index in [1.54, 1.807) is 0 Å². The van der Waals surface area contributed by atoms with E-state index in [9.17, 15) is 4.79 Å². The van der Waals surface area contributed by atoms with Gasteiger partial charge in [-0.2, -0.15) is 0 Å². The molecular weight excluding hydrogens is 500 g/mol. The van der Waals surface area contributed by atoms with Gasteiger partial charge in [-0.15, -0.1) is 10.2 Å². The third kappa shape index (κ3) is 6.60. The molecule has 1 atom stereocenters. The number of rotatable bonds is 10. The minimum Gasteiger partial charge on any atom is -0.483 e. The lowest BCUT2D eigenvalue weighted by Crippen LogP contribution is -2.16. The number of carbonyl (C=O) groups excluding carboxylic acids is 1. The maximum absolute atomic E-state index is 12.7. The van der Waals surface area contributed by atoms with Crippen LogP contribution in [0.5, 0.6) is 5.75 Å². The molecule has 0 unspecified atom stereocenters. The maximum Gasteiger partial charge on any atom is 0.234 e. The molecule has 0 fully saturated rings. The molecule has 0 radical (unpaired) electrons. The van der Waals surface area contributed by atoms with E-state index >= 15 is 0 Å². The van der Waals surface area contributed by atoms with Crippen molar-refractivity contribution in [1.82, 2.24) is 14.8 Å². The van der Waals surface area contributed by atoms with Crippen LogP contribution in [-0.4, -0.2) is 26.4 Å². The number of aromatic nitrogens is 3. The van der Waals surface area contributed by atoms with Crippen LogP contribution in [0.25, 0.3) is 0 Å². The summed E-state index contributed by atoms with van der Waals surface area (Å²) in [5, 5.41) is 12.4. The Kier molecular flexibility index (Phi) is 8.97. The number of ether oxygens (including phenoxy) is 1. The number of amides is 1. The molecule has 0 aliphatic rings. The molecule has 3 aromatic rings. The zero-order chi connectivity index (χ0) is 24.0. The summed E-state index contributed by atoms with van der Waals surface area (Å²) in [6.45, 7) is 11.0. The molecule has 3 rings (SSSR count). The topological polar surface area (TPSA) is 69.0 Å². The van der Waals surface area contributed by atoms with Crippen LogP contribution < -0.4 is 10.1 Å². The van der Waals surface area contributed by atoms with Crippen molar-refractivity contribution < 1.29 is 9.53 Å². The van der Waals surface area contributed by atoms with Crippen LogP contribution in [0.15, 0.2) is 52.1 Å². The molecule has 0 aliphatic heterocycles. The van der Waals surface area contributed by atoms with Crippen LogP contribution in [0.4, 0.5) is 5.69 Å². The van der Waals surface area contributed by atoms with Crippen molar-refractivity contribution in [2.24, 2.45) is 0 Å². The lowest BCUT2D eigenvalue weighted by atomic mass is 10.0. The zero-order valence-corrected chi connectivity index (χ0v) is 22.2. The predicted molar refractivity (Wildman–Crippen MR) is 138 cm³/mol. The molecule has 0 aliphatic carbocycles. The summed E-state index contributed by atoms with van der Waals surface area (Å²) in [7, 11) is 0. The van der Waals surface area contributed by atoms with E-state index in [0.29, 0.717) is 17.6 Å². The number of benzene rings is 2. The standard InChI is InChI=1S/C25H31BrN4O2S/c1-6-18-8-11-20(12-9-18)32-17(5)24-28-29-25(30(24)7-2)33-15-23(31)27-22-13-10-19(26)14-21(22)16(3)4/h8-14,16-17H,6-7,15H2,1-5H3,(H,27,31)/t17-/m1/s1.